The van der Waals surface area contributed by atoms with Gasteiger partial charge in [-0.25, -0.2) is 9.78 Å². The predicted octanol–water partition coefficient (Wildman–Crippen LogP) is 4.47. The normalized spacial score (nSPS) is 10.7. The molecule has 0 aliphatic heterocycles. The van der Waals surface area contributed by atoms with Crippen LogP contribution in [0.5, 0.6) is 0 Å². The van der Waals surface area contributed by atoms with Crippen LogP contribution in [0.15, 0.2) is 29.6 Å². The average Bonchev–Trinajstić information content (AvgIpc) is 2.99. The van der Waals surface area contributed by atoms with Crippen molar-refractivity contribution in [2.75, 3.05) is 11.9 Å². The largest absolute Gasteiger partial charge is 0.462 e. The van der Waals surface area contributed by atoms with E-state index in [1.54, 1.807) is 36.6 Å². The summed E-state index contributed by atoms with van der Waals surface area (Å²) in [5, 5.41) is 5.40. The van der Waals surface area contributed by atoms with Crippen molar-refractivity contribution >= 4 is 56.4 Å². The Balaban J connectivity index is 2.08. The third kappa shape index (κ3) is 3.62. The van der Waals surface area contributed by atoms with Gasteiger partial charge in [0, 0.05) is 16.6 Å². The van der Waals surface area contributed by atoms with E-state index >= 15 is 0 Å². The molecule has 3 aromatic rings. The van der Waals surface area contributed by atoms with Gasteiger partial charge in [-0.2, -0.15) is 4.98 Å². The molecule has 0 aliphatic carbocycles. The summed E-state index contributed by atoms with van der Waals surface area (Å²) in [5.41, 5.74) is 1.60. The third-order valence-electron chi connectivity index (χ3n) is 3.43. The van der Waals surface area contributed by atoms with Crippen LogP contribution in [0.3, 0.4) is 0 Å². The molecule has 2 aromatic heterocycles. The van der Waals surface area contributed by atoms with Crippen LogP contribution in [0.25, 0.3) is 10.2 Å². The molecule has 8 heteroatoms. The van der Waals surface area contributed by atoms with Crippen molar-refractivity contribution in [1.82, 2.24) is 9.97 Å². The number of Topliss-reactive ketones (excluding diaryl/α,β-unsaturated/α-hetero) is 1. The van der Waals surface area contributed by atoms with Gasteiger partial charge in [0.05, 0.1) is 17.6 Å². The molecular formula is C17H14ClN3O3S. The van der Waals surface area contributed by atoms with E-state index in [9.17, 15) is 9.59 Å². The highest BCUT2D eigenvalue weighted by molar-refractivity contribution is 7.17. The van der Waals surface area contributed by atoms with E-state index in [1.165, 1.54) is 18.3 Å². The first-order valence-corrected chi connectivity index (χ1v) is 8.75. The molecule has 0 spiro atoms. The molecule has 0 saturated heterocycles. The van der Waals surface area contributed by atoms with E-state index in [2.05, 4.69) is 15.3 Å². The van der Waals surface area contributed by atoms with Gasteiger partial charge in [0.1, 0.15) is 10.6 Å². The van der Waals surface area contributed by atoms with E-state index < -0.39 is 5.97 Å². The lowest BCUT2D eigenvalue weighted by Gasteiger charge is -2.09. The summed E-state index contributed by atoms with van der Waals surface area (Å²) in [4.78, 5) is 32.7. The topological polar surface area (TPSA) is 81.2 Å². The van der Waals surface area contributed by atoms with Gasteiger partial charge in [0.25, 0.3) is 0 Å². The fourth-order valence-corrected chi connectivity index (χ4v) is 3.44. The number of carbonyl (C=O) groups is 2. The molecule has 25 heavy (non-hydrogen) atoms. The SMILES string of the molecule is CCOC(=O)c1csc2nc(Cl)nc(Nc3cccc(C(C)=O)c3)c12. The van der Waals surface area contributed by atoms with Gasteiger partial charge in [-0.3, -0.25) is 4.79 Å². The number of aromatic nitrogens is 2. The lowest BCUT2D eigenvalue weighted by Crippen LogP contribution is -2.05. The predicted molar refractivity (Wildman–Crippen MR) is 98.1 cm³/mol. The monoisotopic (exact) mass is 375 g/mol. The molecule has 0 saturated carbocycles. The Hall–Kier alpha value is -2.51. The Bertz CT molecular complexity index is 971. The van der Waals surface area contributed by atoms with Crippen LogP contribution >= 0.6 is 22.9 Å². The third-order valence-corrected chi connectivity index (χ3v) is 4.47. The minimum Gasteiger partial charge on any atom is -0.462 e. The first-order valence-electron chi connectivity index (χ1n) is 7.49. The molecule has 3 rings (SSSR count). The van der Waals surface area contributed by atoms with E-state index in [1.807, 2.05) is 0 Å². The fraction of sp³-hybridized carbons (Fsp3) is 0.176. The summed E-state index contributed by atoms with van der Waals surface area (Å²) < 4.78 is 5.09. The van der Waals surface area contributed by atoms with E-state index in [0.717, 1.165) is 0 Å². The van der Waals surface area contributed by atoms with Crippen molar-refractivity contribution in [1.29, 1.82) is 0 Å². The number of rotatable bonds is 5. The van der Waals surface area contributed by atoms with Gasteiger partial charge in [-0.15, -0.1) is 11.3 Å². The summed E-state index contributed by atoms with van der Waals surface area (Å²) in [6.07, 6.45) is 0. The summed E-state index contributed by atoms with van der Waals surface area (Å²) in [5.74, 6) is -0.0996. The molecule has 0 aliphatic rings. The molecule has 1 N–H and O–H groups in total. The van der Waals surface area contributed by atoms with Gasteiger partial charge in [-0.05, 0) is 37.6 Å². The van der Waals surface area contributed by atoms with Gasteiger partial charge < -0.3 is 10.1 Å². The second kappa shape index (κ2) is 7.16. The van der Waals surface area contributed by atoms with Crippen molar-refractivity contribution in [3.63, 3.8) is 0 Å². The minimum absolute atomic E-state index is 0.0442. The summed E-state index contributed by atoms with van der Waals surface area (Å²) in [6, 6.07) is 6.99. The van der Waals surface area contributed by atoms with Crippen molar-refractivity contribution in [3.8, 4) is 0 Å². The van der Waals surface area contributed by atoms with Crippen LogP contribution in [-0.4, -0.2) is 28.3 Å². The second-order valence-electron chi connectivity index (χ2n) is 5.15. The molecule has 1 aromatic carbocycles. The zero-order valence-corrected chi connectivity index (χ0v) is 15.1. The van der Waals surface area contributed by atoms with E-state index in [-0.39, 0.29) is 17.7 Å². The molecule has 0 radical (unpaired) electrons. The Morgan fingerprint density at radius 3 is 2.84 bits per heavy atom. The molecule has 0 atom stereocenters. The maximum atomic E-state index is 12.2. The van der Waals surface area contributed by atoms with Gasteiger partial charge in [0.2, 0.25) is 5.28 Å². The molecule has 0 fully saturated rings. The number of fused-ring (bicyclic) bond motifs is 1. The Morgan fingerprint density at radius 2 is 2.12 bits per heavy atom. The van der Waals surface area contributed by atoms with Crippen LogP contribution < -0.4 is 5.32 Å². The first kappa shape index (κ1) is 17.3. The highest BCUT2D eigenvalue weighted by Gasteiger charge is 2.19. The summed E-state index contributed by atoms with van der Waals surface area (Å²) in [6.45, 7) is 3.51. The van der Waals surface area contributed by atoms with Crippen LogP contribution in [-0.2, 0) is 4.74 Å². The number of benzene rings is 1. The molecule has 128 valence electrons. The quantitative estimate of drug-likeness (QED) is 0.402. The van der Waals surface area contributed by atoms with E-state index in [4.69, 9.17) is 16.3 Å². The Kier molecular flexibility index (Phi) is 4.96. The van der Waals surface area contributed by atoms with Crippen molar-refractivity contribution in [2.45, 2.75) is 13.8 Å². The van der Waals surface area contributed by atoms with Crippen molar-refractivity contribution in [3.05, 3.63) is 46.1 Å². The molecule has 0 amide bonds. The van der Waals surface area contributed by atoms with Gasteiger partial charge in [0.15, 0.2) is 5.78 Å². The number of ether oxygens (including phenoxy) is 1. The smallest absolute Gasteiger partial charge is 0.339 e. The molecule has 6 nitrogen and oxygen atoms in total. The maximum Gasteiger partial charge on any atom is 0.339 e. The number of carbonyl (C=O) groups excluding carboxylic acids is 2. The number of halogens is 1. The minimum atomic E-state index is -0.444. The van der Waals surface area contributed by atoms with E-state index in [0.29, 0.717) is 32.8 Å². The Morgan fingerprint density at radius 1 is 1.32 bits per heavy atom. The van der Waals surface area contributed by atoms with Gasteiger partial charge >= 0.3 is 5.97 Å². The molecular weight excluding hydrogens is 362 g/mol. The van der Waals surface area contributed by atoms with Crippen molar-refractivity contribution < 1.29 is 14.3 Å². The number of hydrogen-bond donors (Lipinski definition) is 1. The summed E-state index contributed by atoms with van der Waals surface area (Å²) in [7, 11) is 0. The molecule has 0 unspecified atom stereocenters. The zero-order valence-electron chi connectivity index (χ0n) is 13.5. The number of thiophene rings is 1. The van der Waals surface area contributed by atoms with Crippen LogP contribution in [0.4, 0.5) is 11.5 Å². The van der Waals surface area contributed by atoms with Crippen molar-refractivity contribution in [2.24, 2.45) is 0 Å². The lowest BCUT2D eigenvalue weighted by atomic mass is 10.1. The number of nitrogens with one attached hydrogen (secondary N) is 1. The Labute approximate surface area is 152 Å². The van der Waals surface area contributed by atoms with Gasteiger partial charge in [-0.1, -0.05) is 12.1 Å². The lowest BCUT2D eigenvalue weighted by molar-refractivity contribution is 0.0529. The number of anilines is 2. The summed E-state index contributed by atoms with van der Waals surface area (Å²) >= 11 is 7.28. The zero-order chi connectivity index (χ0) is 18.0. The van der Waals surface area contributed by atoms with Crippen LogP contribution in [0.2, 0.25) is 5.28 Å². The number of ketones is 1. The highest BCUT2D eigenvalue weighted by Crippen LogP contribution is 2.33. The standard InChI is InChI=1S/C17H14ClN3O3S/c1-3-24-16(23)12-8-25-15-13(12)14(20-17(18)21-15)19-11-6-4-5-10(7-11)9(2)22/h4-8H,3H2,1-2H3,(H,19,20,21). The fourth-order valence-electron chi connectivity index (χ4n) is 2.32. The second-order valence-corrected chi connectivity index (χ2v) is 6.35. The number of nitrogens with zero attached hydrogens (tertiary/aromatic N) is 2. The average molecular weight is 376 g/mol. The molecule has 2 heterocycles. The number of hydrogen-bond acceptors (Lipinski definition) is 7. The highest BCUT2D eigenvalue weighted by atomic mass is 35.5. The van der Waals surface area contributed by atoms with Crippen LogP contribution in [0, 0.1) is 0 Å². The maximum absolute atomic E-state index is 12.2. The van der Waals surface area contributed by atoms with Crippen LogP contribution in [0.1, 0.15) is 34.6 Å². The molecule has 0 bridgehead atoms. The first-order chi connectivity index (χ1) is 12.0. The number of esters is 1.